The number of rotatable bonds is 2. The van der Waals surface area contributed by atoms with E-state index in [2.05, 4.69) is 5.32 Å². The number of aliphatic carboxylic acids is 1. The zero-order chi connectivity index (χ0) is 12.7. The predicted octanol–water partition coefficient (Wildman–Crippen LogP) is 0.777. The van der Waals surface area contributed by atoms with E-state index < -0.39 is 5.97 Å². The van der Waals surface area contributed by atoms with Crippen LogP contribution in [0, 0.1) is 0 Å². The molecule has 0 fully saturated rings. The lowest BCUT2D eigenvalue weighted by molar-refractivity contribution is -0.134. The molecule has 1 atom stereocenters. The number of carboxylic acid groups (broad SMARTS) is 1. The van der Waals surface area contributed by atoms with E-state index in [-0.39, 0.29) is 6.17 Å². The summed E-state index contributed by atoms with van der Waals surface area (Å²) in [6.07, 6.45) is 5.57. The van der Waals surface area contributed by atoms with Gasteiger partial charge < -0.3 is 15.3 Å². The van der Waals surface area contributed by atoms with E-state index in [1.807, 2.05) is 36.8 Å². The van der Waals surface area contributed by atoms with Crippen molar-refractivity contribution in [1.29, 1.82) is 0 Å². The second-order valence-electron chi connectivity index (χ2n) is 4.25. The molecule has 1 aromatic rings. The van der Waals surface area contributed by atoms with Crippen LogP contribution in [0.5, 0.6) is 0 Å². The highest BCUT2D eigenvalue weighted by molar-refractivity contribution is 7.08. The van der Waals surface area contributed by atoms with Crippen molar-refractivity contribution in [2.24, 2.45) is 0 Å². The van der Waals surface area contributed by atoms with Crippen molar-refractivity contribution in [1.82, 2.24) is 10.2 Å². The summed E-state index contributed by atoms with van der Waals surface area (Å²) in [6.45, 7) is 0. The van der Waals surface area contributed by atoms with Crippen molar-refractivity contribution >= 4 is 30.8 Å². The molecule has 2 aliphatic heterocycles. The van der Waals surface area contributed by atoms with E-state index in [0.29, 0.717) is 11.4 Å². The summed E-state index contributed by atoms with van der Waals surface area (Å²) in [5.74, 6) is -0.912. The molecular weight excluding hydrogens is 247 g/mol. The highest BCUT2D eigenvalue weighted by Crippen LogP contribution is 2.32. The van der Waals surface area contributed by atoms with Crippen LogP contribution in [0.3, 0.4) is 0 Å². The Morgan fingerprint density at radius 3 is 3.06 bits per heavy atom. The summed E-state index contributed by atoms with van der Waals surface area (Å²) in [5.41, 5.74) is 3.02. The standard InChI is InChI=1S/C12H11BN2O2S/c13-8-2-1-4-15-10(12(16)17)9(14-11(8)15)7-3-5-18-6-7/h1-6,11,14H,13H2,(H,16,17). The molecule has 6 heteroatoms. The molecule has 0 spiro atoms. The first-order valence-corrected chi connectivity index (χ1v) is 6.53. The summed E-state index contributed by atoms with van der Waals surface area (Å²) < 4.78 is 0. The van der Waals surface area contributed by atoms with Gasteiger partial charge >= 0.3 is 5.97 Å². The molecule has 3 heterocycles. The molecule has 0 aliphatic carbocycles. The smallest absolute Gasteiger partial charge is 0.354 e. The Morgan fingerprint density at radius 2 is 2.39 bits per heavy atom. The Labute approximate surface area is 109 Å². The van der Waals surface area contributed by atoms with E-state index in [9.17, 15) is 9.90 Å². The highest BCUT2D eigenvalue weighted by Gasteiger charge is 2.36. The minimum Gasteiger partial charge on any atom is -0.477 e. The third-order valence-electron chi connectivity index (χ3n) is 3.10. The molecule has 3 rings (SSSR count). The van der Waals surface area contributed by atoms with Gasteiger partial charge in [0.15, 0.2) is 5.70 Å². The van der Waals surface area contributed by atoms with Crippen molar-refractivity contribution in [3.8, 4) is 0 Å². The maximum absolute atomic E-state index is 11.5. The van der Waals surface area contributed by atoms with Crippen molar-refractivity contribution in [2.45, 2.75) is 6.17 Å². The summed E-state index contributed by atoms with van der Waals surface area (Å²) in [4.78, 5) is 13.2. The zero-order valence-electron chi connectivity index (χ0n) is 9.75. The first-order valence-electron chi connectivity index (χ1n) is 5.58. The minimum absolute atomic E-state index is 0.0870. The molecule has 4 nitrogen and oxygen atoms in total. The molecule has 2 aliphatic rings. The summed E-state index contributed by atoms with van der Waals surface area (Å²) in [7, 11) is 1.99. The quantitative estimate of drug-likeness (QED) is 0.769. The van der Waals surface area contributed by atoms with Gasteiger partial charge in [-0.25, -0.2) is 4.79 Å². The number of thiophene rings is 1. The molecule has 1 aromatic heterocycles. The second-order valence-corrected chi connectivity index (χ2v) is 5.03. The third-order valence-corrected chi connectivity index (χ3v) is 3.79. The number of nitrogens with zero attached hydrogens (tertiary/aromatic N) is 1. The van der Waals surface area contributed by atoms with Crippen LogP contribution in [0.15, 0.2) is 46.3 Å². The molecule has 0 radical (unpaired) electrons. The highest BCUT2D eigenvalue weighted by atomic mass is 32.1. The summed E-state index contributed by atoms with van der Waals surface area (Å²) in [6, 6.07) is 1.93. The predicted molar refractivity (Wildman–Crippen MR) is 73.4 cm³/mol. The van der Waals surface area contributed by atoms with Gasteiger partial charge in [0.05, 0.1) is 5.70 Å². The van der Waals surface area contributed by atoms with Crippen LogP contribution in [-0.2, 0) is 4.79 Å². The van der Waals surface area contributed by atoms with E-state index >= 15 is 0 Å². The van der Waals surface area contributed by atoms with Gasteiger partial charge in [0, 0.05) is 17.1 Å². The van der Waals surface area contributed by atoms with E-state index in [0.717, 1.165) is 11.0 Å². The SMILES string of the molecule is BC1=CC=CN2C(C(=O)O)=C(c3ccsc3)NC12. The van der Waals surface area contributed by atoms with E-state index in [4.69, 9.17) is 0 Å². The zero-order valence-corrected chi connectivity index (χ0v) is 10.6. The molecule has 0 saturated heterocycles. The summed E-state index contributed by atoms with van der Waals surface area (Å²) >= 11 is 1.56. The van der Waals surface area contributed by atoms with Crippen LogP contribution in [0.4, 0.5) is 0 Å². The molecule has 2 N–H and O–H groups in total. The molecule has 90 valence electrons. The maximum atomic E-state index is 11.5. The Hall–Kier alpha value is -1.95. The van der Waals surface area contributed by atoms with Crippen molar-refractivity contribution in [3.05, 3.63) is 51.9 Å². The number of allylic oxidation sites excluding steroid dienone is 2. The summed E-state index contributed by atoms with van der Waals surface area (Å²) in [5, 5.41) is 16.6. The Balaban J connectivity index is 2.10. The fourth-order valence-corrected chi connectivity index (χ4v) is 2.90. The molecule has 0 aromatic carbocycles. The lowest BCUT2D eigenvalue weighted by atomic mass is 9.90. The average molecular weight is 258 g/mol. The Kier molecular flexibility index (Phi) is 2.52. The van der Waals surface area contributed by atoms with Crippen LogP contribution >= 0.6 is 11.3 Å². The van der Waals surface area contributed by atoms with Gasteiger partial charge in [0.25, 0.3) is 0 Å². The Morgan fingerprint density at radius 1 is 1.56 bits per heavy atom. The van der Waals surface area contributed by atoms with Crippen LogP contribution < -0.4 is 5.32 Å². The third kappa shape index (κ3) is 1.57. The molecule has 0 bridgehead atoms. The minimum atomic E-state index is -0.912. The van der Waals surface area contributed by atoms with Crippen molar-refractivity contribution in [2.75, 3.05) is 0 Å². The molecule has 0 amide bonds. The van der Waals surface area contributed by atoms with Gasteiger partial charge in [0.1, 0.15) is 14.0 Å². The van der Waals surface area contributed by atoms with Crippen molar-refractivity contribution in [3.63, 3.8) is 0 Å². The van der Waals surface area contributed by atoms with Gasteiger partial charge in [-0.05, 0) is 17.5 Å². The first kappa shape index (κ1) is 11.2. The molecule has 1 unspecified atom stereocenters. The van der Waals surface area contributed by atoms with E-state index in [1.54, 1.807) is 22.4 Å². The van der Waals surface area contributed by atoms with Crippen LogP contribution in [0.1, 0.15) is 5.56 Å². The van der Waals surface area contributed by atoms with Gasteiger partial charge in [-0.1, -0.05) is 11.5 Å². The fraction of sp³-hybridized carbons (Fsp3) is 0.0833. The second kappa shape index (κ2) is 4.06. The fourth-order valence-electron chi connectivity index (χ4n) is 2.25. The lowest BCUT2D eigenvalue weighted by Crippen LogP contribution is -2.38. The number of hydrogen-bond donors (Lipinski definition) is 2. The van der Waals surface area contributed by atoms with Gasteiger partial charge in [-0.2, -0.15) is 11.3 Å². The van der Waals surface area contributed by atoms with Gasteiger partial charge in [-0.3, -0.25) is 0 Å². The number of fused-ring (bicyclic) bond motifs is 1. The average Bonchev–Trinajstić information content (AvgIpc) is 2.95. The Bertz CT molecular complexity index is 589. The molecular formula is C12H11BN2O2S. The monoisotopic (exact) mass is 258 g/mol. The molecule has 18 heavy (non-hydrogen) atoms. The van der Waals surface area contributed by atoms with Crippen LogP contribution in [-0.4, -0.2) is 30.0 Å². The number of hydrogen-bond acceptors (Lipinski definition) is 4. The number of carboxylic acids is 1. The normalized spacial score (nSPS) is 21.7. The first-order chi connectivity index (χ1) is 8.68. The number of carbonyl (C=O) groups is 1. The van der Waals surface area contributed by atoms with Gasteiger partial charge in [0.2, 0.25) is 0 Å². The lowest BCUT2D eigenvalue weighted by Gasteiger charge is -2.27. The van der Waals surface area contributed by atoms with E-state index in [1.165, 1.54) is 0 Å². The topological polar surface area (TPSA) is 52.6 Å². The maximum Gasteiger partial charge on any atom is 0.354 e. The number of nitrogens with one attached hydrogen (secondary N) is 1. The van der Waals surface area contributed by atoms with Crippen LogP contribution in [0.2, 0.25) is 0 Å². The largest absolute Gasteiger partial charge is 0.477 e. The van der Waals surface area contributed by atoms with Gasteiger partial charge in [-0.15, -0.1) is 0 Å². The molecule has 0 saturated carbocycles. The van der Waals surface area contributed by atoms with Crippen molar-refractivity contribution < 1.29 is 9.90 Å². The van der Waals surface area contributed by atoms with Crippen LogP contribution in [0.25, 0.3) is 5.70 Å².